The molecule has 2 fully saturated rings. The normalized spacial score (nSPS) is 17.9. The van der Waals surface area contributed by atoms with Crippen molar-refractivity contribution in [1.82, 2.24) is 0 Å². The Balaban J connectivity index is 0.000000253. The molecular weight excluding hydrogens is 631 g/mol. The molecule has 228 valence electrons. The fourth-order valence-electron chi connectivity index (χ4n) is 6.49. The number of hydrogen-bond acceptors (Lipinski definition) is 0. The molecule has 0 heterocycles. The second-order valence-electron chi connectivity index (χ2n) is 14.5. The van der Waals surface area contributed by atoms with Gasteiger partial charge in [0.15, 0.2) is 0 Å². The van der Waals surface area contributed by atoms with Crippen LogP contribution in [0.2, 0.25) is 0 Å². The quantitative estimate of drug-likeness (QED) is 0.340. The molecule has 2 aromatic carbocycles. The predicted molar refractivity (Wildman–Crippen MR) is 171 cm³/mol. The molecule has 0 amide bonds. The van der Waals surface area contributed by atoms with Gasteiger partial charge in [-0.25, -0.2) is 12.2 Å². The Morgan fingerprint density at radius 1 is 0.738 bits per heavy atom. The van der Waals surface area contributed by atoms with Crippen LogP contribution in [-0.4, -0.2) is 3.21 Å². The number of fused-ring (bicyclic) bond motifs is 3. The van der Waals surface area contributed by atoms with Crippen LogP contribution in [0, 0.1) is 24.0 Å². The van der Waals surface area contributed by atoms with Crippen molar-refractivity contribution in [1.29, 1.82) is 0 Å². The molecule has 6 rings (SSSR count). The zero-order valence-electron chi connectivity index (χ0n) is 27.0. The first-order valence-corrected chi connectivity index (χ1v) is 17.3. The minimum atomic E-state index is 0. The fourth-order valence-corrected chi connectivity index (χ4v) is 7.90. The van der Waals surface area contributed by atoms with E-state index in [1.165, 1.54) is 97.6 Å². The van der Waals surface area contributed by atoms with Crippen molar-refractivity contribution in [3.63, 3.8) is 0 Å². The number of benzene rings is 2. The molecule has 0 bridgehead atoms. The Labute approximate surface area is 285 Å². The van der Waals surface area contributed by atoms with Crippen LogP contribution in [0.5, 0.6) is 0 Å². The van der Waals surface area contributed by atoms with Crippen LogP contribution >= 0.6 is 0 Å². The van der Waals surface area contributed by atoms with E-state index in [2.05, 4.69) is 90.1 Å². The van der Waals surface area contributed by atoms with Gasteiger partial charge in [0.1, 0.15) is 0 Å². The average molecular weight is 683 g/mol. The van der Waals surface area contributed by atoms with E-state index in [4.69, 9.17) is 0 Å². The Bertz CT molecular complexity index is 1100. The van der Waals surface area contributed by atoms with Crippen LogP contribution in [0.25, 0.3) is 11.1 Å². The second-order valence-corrected chi connectivity index (χ2v) is 15.9. The Morgan fingerprint density at radius 3 is 1.74 bits per heavy atom. The summed E-state index contributed by atoms with van der Waals surface area (Å²) in [6.45, 7) is 13.6. The third-order valence-electron chi connectivity index (χ3n) is 9.20. The van der Waals surface area contributed by atoms with Crippen molar-refractivity contribution in [2.45, 2.75) is 129 Å². The van der Waals surface area contributed by atoms with Gasteiger partial charge in [0.25, 0.3) is 0 Å². The summed E-state index contributed by atoms with van der Waals surface area (Å²) in [5.74, 6) is 2.09. The first-order valence-electron chi connectivity index (χ1n) is 16.0. The molecule has 4 aliphatic rings. The molecule has 0 N–H and O–H groups in total. The van der Waals surface area contributed by atoms with E-state index in [1.807, 2.05) is 15.4 Å². The van der Waals surface area contributed by atoms with Gasteiger partial charge >= 0.3 is 103 Å². The molecule has 2 aromatic rings. The van der Waals surface area contributed by atoms with Crippen molar-refractivity contribution in [3.05, 3.63) is 83.0 Å². The molecule has 0 aliphatic heterocycles. The van der Waals surface area contributed by atoms with Crippen LogP contribution in [0.15, 0.2) is 48.6 Å². The molecule has 4 aliphatic carbocycles. The molecule has 0 unspecified atom stereocenters. The first kappa shape index (κ1) is 37.4. The van der Waals surface area contributed by atoms with E-state index >= 15 is 0 Å². The number of halogens is 2. The third kappa shape index (κ3) is 10.4. The maximum atomic E-state index is 3.53. The van der Waals surface area contributed by atoms with Crippen molar-refractivity contribution >= 4 is 3.21 Å². The van der Waals surface area contributed by atoms with Gasteiger partial charge in [-0.05, 0) is 17.4 Å². The van der Waals surface area contributed by atoms with Crippen molar-refractivity contribution in [2.75, 3.05) is 0 Å². The molecule has 0 saturated heterocycles. The summed E-state index contributed by atoms with van der Waals surface area (Å²) in [5, 5.41) is 0. The van der Waals surface area contributed by atoms with Gasteiger partial charge < -0.3 is 24.8 Å². The van der Waals surface area contributed by atoms with Crippen molar-refractivity contribution in [3.8, 4) is 11.1 Å². The van der Waals surface area contributed by atoms with E-state index in [9.17, 15) is 0 Å². The Kier molecular flexibility index (Phi) is 15.2. The van der Waals surface area contributed by atoms with Crippen molar-refractivity contribution < 1.29 is 49.0 Å². The molecule has 0 atom stereocenters. The Hall–Kier alpha value is -0.747. The van der Waals surface area contributed by atoms with Crippen LogP contribution in [0.4, 0.5) is 0 Å². The van der Waals surface area contributed by atoms with Crippen LogP contribution in [-0.2, 0) is 41.5 Å². The maximum absolute atomic E-state index is 3.53. The molecule has 42 heavy (non-hydrogen) atoms. The van der Waals surface area contributed by atoms with Crippen molar-refractivity contribution in [2.24, 2.45) is 11.8 Å². The monoisotopic (exact) mass is 680 g/mol. The predicted octanol–water partition coefficient (Wildman–Crippen LogP) is 4.83. The van der Waals surface area contributed by atoms with E-state index < -0.39 is 0 Å². The first-order chi connectivity index (χ1) is 19.0. The van der Waals surface area contributed by atoms with E-state index in [-0.39, 0.29) is 35.6 Å². The fraction of sp³-hybridized carbons (Fsp3) is 0.564. The molecule has 0 nitrogen and oxygen atoms in total. The summed E-state index contributed by atoms with van der Waals surface area (Å²) in [6.07, 6.45) is 26.2. The van der Waals surface area contributed by atoms with Gasteiger partial charge in [-0.1, -0.05) is 76.3 Å². The van der Waals surface area contributed by atoms with Gasteiger partial charge in [-0.2, -0.15) is 35.4 Å². The number of hydrogen-bond donors (Lipinski definition) is 0. The molecule has 0 aromatic heterocycles. The summed E-state index contributed by atoms with van der Waals surface area (Å²) in [5.41, 5.74) is 8.76. The number of rotatable bonds is 2. The zero-order chi connectivity index (χ0) is 28.8. The van der Waals surface area contributed by atoms with Crippen LogP contribution in [0.1, 0.15) is 134 Å². The van der Waals surface area contributed by atoms with Gasteiger partial charge in [0.2, 0.25) is 0 Å². The van der Waals surface area contributed by atoms with E-state index in [0.29, 0.717) is 0 Å². The average Bonchev–Trinajstić information content (AvgIpc) is 3.64. The van der Waals surface area contributed by atoms with E-state index in [1.54, 1.807) is 24.2 Å². The SMILES string of the molecule is CC(C)(C)c1c[c-]c2c(c1)-c1cc(C(C)(C)C)ccc1C2.[C-]1=CC=CC1.[Cl-].[Cl-].[Zr+2]=[C](C1CCCCC1)C1CCCCC1. The summed E-state index contributed by atoms with van der Waals surface area (Å²) in [7, 11) is 0. The summed E-state index contributed by atoms with van der Waals surface area (Å²) < 4.78 is 1.97. The summed E-state index contributed by atoms with van der Waals surface area (Å²) >= 11 is 1.77. The van der Waals surface area contributed by atoms with Crippen LogP contribution in [0.3, 0.4) is 0 Å². The third-order valence-corrected chi connectivity index (χ3v) is 11.2. The molecule has 2 saturated carbocycles. The minimum absolute atomic E-state index is 0. The molecular formula is C39H52Cl2Zr-2. The topological polar surface area (TPSA) is 0 Å². The van der Waals surface area contributed by atoms with Gasteiger partial charge in [0.05, 0.1) is 0 Å². The molecule has 0 spiro atoms. The van der Waals surface area contributed by atoms with Gasteiger partial charge in [0, 0.05) is 0 Å². The molecule has 0 radical (unpaired) electrons. The van der Waals surface area contributed by atoms with Crippen LogP contribution < -0.4 is 24.8 Å². The standard InChI is InChI=1S/C21H25.C13H22.C5H5.2ClH.Zr/c1-20(2,3)16-9-7-14-11-15-8-10-17(21(4,5)6)13-19(15)18(14)12-16;1-3-7-12(8-4-1)11-13-9-5-2-6-10-13;1-2-4-5-3-1;;;/h7,9-10,12-13H,11H2,1-6H3;12-13H,1-10H2;1-3H,4H2;2*1H;/q-1;;-1;;;+2/p-2. The summed E-state index contributed by atoms with van der Waals surface area (Å²) in [6, 6.07) is 15.1. The number of allylic oxidation sites excluding steroid dienone is 4. The second kappa shape index (κ2) is 17.1. The van der Waals surface area contributed by atoms with Gasteiger partial charge in [-0.3, -0.25) is 6.08 Å². The molecule has 3 heteroatoms. The summed E-state index contributed by atoms with van der Waals surface area (Å²) in [4.78, 5) is 0. The van der Waals surface area contributed by atoms with E-state index in [0.717, 1.165) is 24.7 Å². The zero-order valence-corrected chi connectivity index (χ0v) is 31.0. The van der Waals surface area contributed by atoms with Gasteiger partial charge in [-0.15, -0.1) is 12.0 Å². The Morgan fingerprint density at radius 2 is 1.29 bits per heavy atom.